The Balaban J connectivity index is 1.99. The molecule has 1 heterocycles. The van der Waals surface area contributed by atoms with Gasteiger partial charge in [-0.1, -0.05) is 0 Å². The predicted octanol–water partition coefficient (Wildman–Crippen LogP) is 0.751. The van der Waals surface area contributed by atoms with Gasteiger partial charge in [0.2, 0.25) is 0 Å². The second-order valence-electron chi connectivity index (χ2n) is 4.62. The molecule has 0 aliphatic carbocycles. The molecule has 0 bridgehead atoms. The third-order valence-corrected chi connectivity index (χ3v) is 2.96. The van der Waals surface area contributed by atoms with Gasteiger partial charge in [0, 0.05) is 19.1 Å². The van der Waals surface area contributed by atoms with Crippen LogP contribution < -0.4 is 5.73 Å². The lowest BCUT2D eigenvalue weighted by Gasteiger charge is -2.21. The molecule has 1 atom stereocenters. The minimum Gasteiger partial charge on any atom is -0.328 e. The summed E-state index contributed by atoms with van der Waals surface area (Å²) in [6, 6.07) is 0.337. The molecule has 1 aliphatic rings. The fourth-order valence-corrected chi connectivity index (χ4v) is 1.85. The van der Waals surface area contributed by atoms with Crippen LogP contribution in [-0.2, 0) is 0 Å². The Hall–Kier alpha value is -0.120. The molecule has 0 aromatic carbocycles. The minimum atomic E-state index is 0.337. The Kier molecular flexibility index (Phi) is 5.45. The van der Waals surface area contributed by atoms with Gasteiger partial charge in [0.1, 0.15) is 0 Å². The van der Waals surface area contributed by atoms with Crippen LogP contribution in [0.1, 0.15) is 26.2 Å². The predicted molar refractivity (Wildman–Crippen MR) is 61.4 cm³/mol. The minimum absolute atomic E-state index is 0.337. The van der Waals surface area contributed by atoms with E-state index in [1.165, 1.54) is 39.0 Å². The van der Waals surface area contributed by atoms with Crippen LogP contribution in [0.2, 0.25) is 0 Å². The monoisotopic (exact) mass is 199 g/mol. The van der Waals surface area contributed by atoms with Gasteiger partial charge in [0.05, 0.1) is 0 Å². The molecule has 1 fully saturated rings. The van der Waals surface area contributed by atoms with Crippen LogP contribution in [0.3, 0.4) is 0 Å². The van der Waals surface area contributed by atoms with Crippen LogP contribution in [-0.4, -0.2) is 55.6 Å². The molecule has 0 aromatic rings. The lowest BCUT2D eigenvalue weighted by molar-refractivity contribution is 0.252. The zero-order valence-corrected chi connectivity index (χ0v) is 9.71. The zero-order chi connectivity index (χ0) is 10.4. The van der Waals surface area contributed by atoms with Gasteiger partial charge in [-0.2, -0.15) is 0 Å². The summed E-state index contributed by atoms with van der Waals surface area (Å²) >= 11 is 0. The van der Waals surface area contributed by atoms with E-state index in [2.05, 4.69) is 23.8 Å². The zero-order valence-electron chi connectivity index (χ0n) is 9.71. The molecule has 2 N–H and O–H groups in total. The highest BCUT2D eigenvalue weighted by molar-refractivity contribution is 4.67. The number of likely N-dealkylation sites (tertiary alicyclic amines) is 1. The number of rotatable bonds is 6. The van der Waals surface area contributed by atoms with Crippen molar-refractivity contribution in [1.29, 1.82) is 0 Å². The summed E-state index contributed by atoms with van der Waals surface area (Å²) < 4.78 is 0. The number of likely N-dealkylation sites (N-methyl/N-ethyl adjacent to an activating group) is 1. The smallest absolute Gasteiger partial charge is 0.0109 e. The maximum Gasteiger partial charge on any atom is 0.0109 e. The molecule has 1 unspecified atom stereocenters. The largest absolute Gasteiger partial charge is 0.328 e. The lowest BCUT2D eigenvalue weighted by atomic mass is 10.2. The standard InChI is InChI=1S/C11H25N3/c1-11(12)5-8-13(2)9-10-14-6-3-4-7-14/h11H,3-10,12H2,1-2H3. The van der Waals surface area contributed by atoms with Gasteiger partial charge in [-0.05, 0) is 52.9 Å². The molecule has 14 heavy (non-hydrogen) atoms. The van der Waals surface area contributed by atoms with Gasteiger partial charge >= 0.3 is 0 Å². The van der Waals surface area contributed by atoms with Crippen LogP contribution in [0, 0.1) is 0 Å². The van der Waals surface area contributed by atoms with Crippen LogP contribution in [0.4, 0.5) is 0 Å². The Morgan fingerprint density at radius 2 is 1.93 bits per heavy atom. The molecule has 0 amide bonds. The van der Waals surface area contributed by atoms with Crippen molar-refractivity contribution in [1.82, 2.24) is 9.80 Å². The Labute approximate surface area is 88.2 Å². The van der Waals surface area contributed by atoms with Crippen molar-refractivity contribution in [3.63, 3.8) is 0 Å². The second kappa shape index (κ2) is 6.38. The molecule has 1 saturated heterocycles. The third-order valence-electron chi connectivity index (χ3n) is 2.96. The van der Waals surface area contributed by atoms with Crippen LogP contribution in [0.25, 0.3) is 0 Å². The van der Waals surface area contributed by atoms with E-state index in [1.807, 2.05) is 0 Å². The molecule has 3 heteroatoms. The topological polar surface area (TPSA) is 32.5 Å². The third kappa shape index (κ3) is 4.94. The van der Waals surface area contributed by atoms with E-state index < -0.39 is 0 Å². The van der Waals surface area contributed by atoms with Crippen molar-refractivity contribution in [3.05, 3.63) is 0 Å². The van der Waals surface area contributed by atoms with Gasteiger partial charge in [-0.25, -0.2) is 0 Å². The molecule has 84 valence electrons. The molecule has 0 saturated carbocycles. The summed E-state index contributed by atoms with van der Waals surface area (Å²) in [5.74, 6) is 0. The van der Waals surface area contributed by atoms with Crippen molar-refractivity contribution in [2.75, 3.05) is 39.8 Å². The Morgan fingerprint density at radius 1 is 1.29 bits per heavy atom. The highest BCUT2D eigenvalue weighted by Gasteiger charge is 2.11. The van der Waals surface area contributed by atoms with E-state index in [0.29, 0.717) is 6.04 Å². The average Bonchev–Trinajstić information content (AvgIpc) is 2.63. The summed E-state index contributed by atoms with van der Waals surface area (Å²) in [6.45, 7) is 8.24. The van der Waals surface area contributed by atoms with Gasteiger partial charge < -0.3 is 15.5 Å². The van der Waals surface area contributed by atoms with Crippen molar-refractivity contribution in [2.24, 2.45) is 5.73 Å². The van der Waals surface area contributed by atoms with Gasteiger partial charge in [0.25, 0.3) is 0 Å². The fraction of sp³-hybridized carbons (Fsp3) is 1.00. The quantitative estimate of drug-likeness (QED) is 0.685. The summed E-state index contributed by atoms with van der Waals surface area (Å²) in [5.41, 5.74) is 5.72. The number of nitrogens with zero attached hydrogens (tertiary/aromatic N) is 2. The van der Waals surface area contributed by atoms with Crippen LogP contribution >= 0.6 is 0 Å². The molecule has 1 aliphatic heterocycles. The summed E-state index contributed by atoms with van der Waals surface area (Å²) in [5, 5.41) is 0. The molecule has 1 rings (SSSR count). The number of hydrogen-bond acceptors (Lipinski definition) is 3. The van der Waals surface area contributed by atoms with Crippen molar-refractivity contribution >= 4 is 0 Å². The average molecular weight is 199 g/mol. The number of nitrogens with two attached hydrogens (primary N) is 1. The molecular formula is C11H25N3. The molecule has 0 aromatic heterocycles. The van der Waals surface area contributed by atoms with Crippen LogP contribution in [0.5, 0.6) is 0 Å². The maximum absolute atomic E-state index is 5.72. The highest BCUT2D eigenvalue weighted by Crippen LogP contribution is 2.06. The summed E-state index contributed by atoms with van der Waals surface area (Å²) in [4.78, 5) is 4.95. The molecule has 3 nitrogen and oxygen atoms in total. The summed E-state index contributed by atoms with van der Waals surface area (Å²) in [6.07, 6.45) is 3.89. The van der Waals surface area contributed by atoms with Gasteiger partial charge in [-0.15, -0.1) is 0 Å². The van der Waals surface area contributed by atoms with Crippen molar-refractivity contribution < 1.29 is 0 Å². The molecule has 0 radical (unpaired) electrons. The maximum atomic E-state index is 5.72. The lowest BCUT2D eigenvalue weighted by Crippen LogP contribution is -2.33. The van der Waals surface area contributed by atoms with E-state index in [9.17, 15) is 0 Å². The normalized spacial score (nSPS) is 20.6. The first-order valence-corrected chi connectivity index (χ1v) is 5.85. The molecular weight excluding hydrogens is 174 g/mol. The van der Waals surface area contributed by atoms with Gasteiger partial charge in [-0.3, -0.25) is 0 Å². The van der Waals surface area contributed by atoms with E-state index in [4.69, 9.17) is 5.73 Å². The first-order valence-electron chi connectivity index (χ1n) is 5.85. The second-order valence-corrected chi connectivity index (χ2v) is 4.62. The van der Waals surface area contributed by atoms with Crippen molar-refractivity contribution in [3.8, 4) is 0 Å². The fourth-order valence-electron chi connectivity index (χ4n) is 1.85. The highest BCUT2D eigenvalue weighted by atomic mass is 15.2. The van der Waals surface area contributed by atoms with E-state index >= 15 is 0 Å². The Morgan fingerprint density at radius 3 is 2.50 bits per heavy atom. The summed E-state index contributed by atoms with van der Waals surface area (Å²) in [7, 11) is 2.19. The Bertz CT molecular complexity index is 141. The SMILES string of the molecule is CC(N)CCN(C)CCN1CCCC1. The van der Waals surface area contributed by atoms with E-state index in [1.54, 1.807) is 0 Å². The van der Waals surface area contributed by atoms with Gasteiger partial charge in [0.15, 0.2) is 0 Å². The first-order chi connectivity index (χ1) is 6.68. The molecule has 0 spiro atoms. The van der Waals surface area contributed by atoms with Crippen molar-refractivity contribution in [2.45, 2.75) is 32.2 Å². The van der Waals surface area contributed by atoms with Crippen LogP contribution in [0.15, 0.2) is 0 Å². The van der Waals surface area contributed by atoms with E-state index in [0.717, 1.165) is 13.0 Å². The first kappa shape index (κ1) is 12.0. The number of hydrogen-bond donors (Lipinski definition) is 1. The van der Waals surface area contributed by atoms with E-state index in [-0.39, 0.29) is 0 Å².